The zero-order valence-electron chi connectivity index (χ0n) is 13.3. The standard InChI is InChI=1S/C16H16N6OS/c1-22(2)16-20-9-11(14(21-16)12-5-3-4-6-17-12)15(23)19-10-13-18-7-8-24-13/h3-9H,10H2,1-2H3,(H,19,23). The summed E-state index contributed by atoms with van der Waals surface area (Å²) < 4.78 is 0. The van der Waals surface area contributed by atoms with Gasteiger partial charge in [0.25, 0.3) is 5.91 Å². The van der Waals surface area contributed by atoms with Crippen LogP contribution >= 0.6 is 11.3 Å². The third-order valence-electron chi connectivity index (χ3n) is 3.21. The molecule has 0 aromatic carbocycles. The number of carbonyl (C=O) groups is 1. The summed E-state index contributed by atoms with van der Waals surface area (Å²) >= 11 is 1.49. The number of nitrogens with zero attached hydrogens (tertiary/aromatic N) is 5. The number of aromatic nitrogens is 4. The molecule has 0 saturated carbocycles. The lowest BCUT2D eigenvalue weighted by molar-refractivity contribution is 0.0951. The topological polar surface area (TPSA) is 83.9 Å². The molecule has 0 atom stereocenters. The monoisotopic (exact) mass is 340 g/mol. The molecule has 0 fully saturated rings. The molecular weight excluding hydrogens is 324 g/mol. The lowest BCUT2D eigenvalue weighted by Crippen LogP contribution is -2.25. The Morgan fingerprint density at radius 1 is 1.21 bits per heavy atom. The number of pyridine rings is 1. The molecule has 1 N–H and O–H groups in total. The van der Waals surface area contributed by atoms with E-state index in [1.54, 1.807) is 17.3 Å². The van der Waals surface area contributed by atoms with Crippen molar-refractivity contribution in [3.63, 3.8) is 0 Å². The van der Waals surface area contributed by atoms with Crippen molar-refractivity contribution in [2.45, 2.75) is 6.54 Å². The van der Waals surface area contributed by atoms with Gasteiger partial charge in [-0.15, -0.1) is 11.3 Å². The van der Waals surface area contributed by atoms with Crippen molar-refractivity contribution in [1.82, 2.24) is 25.3 Å². The average molecular weight is 340 g/mol. The fraction of sp³-hybridized carbons (Fsp3) is 0.188. The van der Waals surface area contributed by atoms with Crippen LogP contribution in [-0.4, -0.2) is 39.9 Å². The van der Waals surface area contributed by atoms with Crippen molar-refractivity contribution in [2.24, 2.45) is 0 Å². The normalized spacial score (nSPS) is 10.4. The molecule has 0 aliphatic carbocycles. The quantitative estimate of drug-likeness (QED) is 0.765. The Hall–Kier alpha value is -2.87. The lowest BCUT2D eigenvalue weighted by Gasteiger charge is -2.13. The summed E-state index contributed by atoms with van der Waals surface area (Å²) in [7, 11) is 3.69. The highest BCUT2D eigenvalue weighted by Gasteiger charge is 2.17. The highest BCUT2D eigenvalue weighted by Crippen LogP contribution is 2.21. The molecule has 0 bridgehead atoms. The third kappa shape index (κ3) is 3.54. The maximum absolute atomic E-state index is 12.6. The van der Waals surface area contributed by atoms with Gasteiger partial charge in [-0.25, -0.2) is 15.0 Å². The molecule has 3 rings (SSSR count). The molecule has 0 saturated heterocycles. The predicted molar refractivity (Wildman–Crippen MR) is 92.9 cm³/mol. The van der Waals surface area contributed by atoms with E-state index in [1.807, 2.05) is 37.7 Å². The zero-order valence-corrected chi connectivity index (χ0v) is 14.1. The fourth-order valence-electron chi connectivity index (χ4n) is 2.04. The zero-order chi connectivity index (χ0) is 16.9. The molecule has 0 aliphatic rings. The number of hydrogen-bond acceptors (Lipinski definition) is 7. The van der Waals surface area contributed by atoms with Crippen LogP contribution in [0, 0.1) is 0 Å². The van der Waals surface area contributed by atoms with Gasteiger partial charge < -0.3 is 10.2 Å². The highest BCUT2D eigenvalue weighted by molar-refractivity contribution is 7.09. The molecule has 3 aromatic rings. The molecule has 122 valence electrons. The third-order valence-corrected chi connectivity index (χ3v) is 3.99. The Balaban J connectivity index is 1.92. The molecule has 0 spiro atoms. The van der Waals surface area contributed by atoms with Crippen LogP contribution in [0.1, 0.15) is 15.4 Å². The SMILES string of the molecule is CN(C)c1ncc(C(=O)NCc2nccs2)c(-c2ccccn2)n1. The first-order valence-electron chi connectivity index (χ1n) is 7.27. The number of thiazole rings is 1. The smallest absolute Gasteiger partial charge is 0.255 e. The summed E-state index contributed by atoms with van der Waals surface area (Å²) in [6.45, 7) is 0.369. The van der Waals surface area contributed by atoms with Crippen molar-refractivity contribution in [3.8, 4) is 11.4 Å². The van der Waals surface area contributed by atoms with Gasteiger partial charge in [0.2, 0.25) is 5.95 Å². The minimum atomic E-state index is -0.254. The van der Waals surface area contributed by atoms with Gasteiger partial charge >= 0.3 is 0 Å². The second-order valence-corrected chi connectivity index (χ2v) is 6.13. The number of anilines is 1. The van der Waals surface area contributed by atoms with Gasteiger partial charge in [0.05, 0.1) is 17.8 Å². The van der Waals surface area contributed by atoms with Gasteiger partial charge in [-0.1, -0.05) is 6.07 Å². The summed E-state index contributed by atoms with van der Waals surface area (Å²) in [5.41, 5.74) is 1.52. The molecule has 0 aliphatic heterocycles. The Bertz CT molecular complexity index is 820. The molecule has 0 unspecified atom stereocenters. The fourth-order valence-corrected chi connectivity index (χ4v) is 2.60. The maximum atomic E-state index is 12.6. The Morgan fingerprint density at radius 2 is 2.08 bits per heavy atom. The van der Waals surface area contributed by atoms with Gasteiger partial charge in [-0.2, -0.15) is 0 Å². The molecule has 7 nitrogen and oxygen atoms in total. The molecule has 0 radical (unpaired) electrons. The predicted octanol–water partition coefficient (Wildman–Crippen LogP) is 1.99. The molecule has 3 aromatic heterocycles. The van der Waals surface area contributed by atoms with Crippen LogP contribution < -0.4 is 10.2 Å². The van der Waals surface area contributed by atoms with Crippen molar-refractivity contribution in [3.05, 3.63) is 52.7 Å². The average Bonchev–Trinajstić information content (AvgIpc) is 3.13. The van der Waals surface area contributed by atoms with E-state index in [4.69, 9.17) is 0 Å². The van der Waals surface area contributed by atoms with Crippen molar-refractivity contribution < 1.29 is 4.79 Å². The van der Waals surface area contributed by atoms with E-state index in [0.29, 0.717) is 29.4 Å². The van der Waals surface area contributed by atoms with Gasteiger partial charge in [0.1, 0.15) is 10.7 Å². The maximum Gasteiger partial charge on any atom is 0.255 e. The minimum Gasteiger partial charge on any atom is -0.347 e. The van der Waals surface area contributed by atoms with E-state index in [1.165, 1.54) is 17.5 Å². The van der Waals surface area contributed by atoms with Gasteiger partial charge in [-0.05, 0) is 12.1 Å². The molecular formula is C16H16N6OS. The summed E-state index contributed by atoms with van der Waals surface area (Å²) in [4.78, 5) is 31.5. The first-order chi connectivity index (χ1) is 11.6. The highest BCUT2D eigenvalue weighted by atomic mass is 32.1. The van der Waals surface area contributed by atoms with Gasteiger partial charge in [-0.3, -0.25) is 9.78 Å². The Morgan fingerprint density at radius 3 is 2.75 bits per heavy atom. The van der Waals surface area contributed by atoms with Gasteiger partial charge in [0, 0.05) is 38.1 Å². The van der Waals surface area contributed by atoms with Crippen LogP contribution in [0.5, 0.6) is 0 Å². The van der Waals surface area contributed by atoms with Gasteiger partial charge in [0.15, 0.2) is 0 Å². The van der Waals surface area contributed by atoms with E-state index >= 15 is 0 Å². The number of hydrogen-bond donors (Lipinski definition) is 1. The van der Waals surface area contributed by atoms with Crippen LogP contribution in [0.2, 0.25) is 0 Å². The van der Waals surface area contributed by atoms with Crippen molar-refractivity contribution >= 4 is 23.2 Å². The summed E-state index contributed by atoms with van der Waals surface area (Å²) in [5, 5.41) is 5.56. The van der Waals surface area contributed by atoms with Crippen LogP contribution in [-0.2, 0) is 6.54 Å². The van der Waals surface area contributed by atoms with E-state index in [-0.39, 0.29) is 5.91 Å². The lowest BCUT2D eigenvalue weighted by atomic mass is 10.1. The molecule has 1 amide bonds. The van der Waals surface area contributed by atoms with E-state index in [9.17, 15) is 4.79 Å². The van der Waals surface area contributed by atoms with E-state index in [2.05, 4.69) is 25.3 Å². The summed E-state index contributed by atoms with van der Waals surface area (Å²) in [5.74, 6) is 0.267. The van der Waals surface area contributed by atoms with Crippen LogP contribution in [0.25, 0.3) is 11.4 Å². The van der Waals surface area contributed by atoms with Crippen molar-refractivity contribution in [1.29, 1.82) is 0 Å². The van der Waals surface area contributed by atoms with Crippen LogP contribution in [0.3, 0.4) is 0 Å². The summed E-state index contributed by atoms with van der Waals surface area (Å²) in [6, 6.07) is 5.50. The minimum absolute atomic E-state index is 0.254. The Kier molecular flexibility index (Phi) is 4.76. The number of amides is 1. The molecule has 24 heavy (non-hydrogen) atoms. The largest absolute Gasteiger partial charge is 0.347 e. The second-order valence-electron chi connectivity index (χ2n) is 5.15. The number of rotatable bonds is 5. The first kappa shape index (κ1) is 16.0. The van der Waals surface area contributed by atoms with Crippen LogP contribution in [0.4, 0.5) is 5.95 Å². The second kappa shape index (κ2) is 7.14. The van der Waals surface area contributed by atoms with E-state index in [0.717, 1.165) is 5.01 Å². The summed E-state index contributed by atoms with van der Waals surface area (Å²) in [6.07, 6.45) is 4.91. The van der Waals surface area contributed by atoms with Crippen LogP contribution in [0.15, 0.2) is 42.2 Å². The molecule has 3 heterocycles. The molecule has 8 heteroatoms. The van der Waals surface area contributed by atoms with E-state index < -0.39 is 0 Å². The van der Waals surface area contributed by atoms with Crippen molar-refractivity contribution in [2.75, 3.05) is 19.0 Å². The Labute approximate surface area is 143 Å². The number of carbonyl (C=O) groups excluding carboxylic acids is 1. The number of nitrogens with one attached hydrogen (secondary N) is 1. The first-order valence-corrected chi connectivity index (χ1v) is 8.15.